The van der Waals surface area contributed by atoms with Gasteiger partial charge in [0, 0.05) is 51.1 Å². The first-order valence-electron chi connectivity index (χ1n) is 12.5. The Labute approximate surface area is 226 Å². The lowest BCUT2D eigenvalue weighted by atomic mass is 10.3. The van der Waals surface area contributed by atoms with Crippen molar-refractivity contribution in [2.24, 2.45) is 0 Å². The Morgan fingerprint density at radius 2 is 1.95 bits per heavy atom. The van der Waals surface area contributed by atoms with E-state index in [1.807, 2.05) is 23.7 Å². The van der Waals surface area contributed by atoms with Crippen LogP contribution in [0.2, 0.25) is 25.7 Å². The van der Waals surface area contributed by atoms with E-state index in [9.17, 15) is 15.0 Å². The van der Waals surface area contributed by atoms with Gasteiger partial charge >= 0.3 is 0 Å². The second kappa shape index (κ2) is 12.2. The molecule has 13 heteroatoms. The Balaban J connectivity index is 1.51. The van der Waals surface area contributed by atoms with Gasteiger partial charge in [-0.25, -0.2) is 14.6 Å². The van der Waals surface area contributed by atoms with Crippen LogP contribution in [0.15, 0.2) is 36.2 Å². The molecule has 4 heterocycles. The molecule has 0 aromatic carbocycles. The number of nitrogens with one attached hydrogen (secondary N) is 1. The number of carbonyl (C=O) groups is 1. The molecule has 0 saturated heterocycles. The van der Waals surface area contributed by atoms with E-state index in [4.69, 9.17) is 4.74 Å². The Kier molecular flexibility index (Phi) is 8.94. The Morgan fingerprint density at radius 3 is 2.66 bits per heavy atom. The number of aromatic nitrogens is 5. The number of hydrogen-bond donors (Lipinski definition) is 3. The average Bonchev–Trinajstić information content (AvgIpc) is 3.60. The van der Waals surface area contributed by atoms with Gasteiger partial charge < -0.3 is 25.2 Å². The fourth-order valence-corrected chi connectivity index (χ4v) is 5.41. The van der Waals surface area contributed by atoms with E-state index in [1.165, 1.54) is 16.2 Å². The summed E-state index contributed by atoms with van der Waals surface area (Å²) in [6.45, 7) is 10.0. The third-order valence-corrected chi connectivity index (χ3v) is 8.43. The summed E-state index contributed by atoms with van der Waals surface area (Å²) in [5.74, 6) is 0.325. The van der Waals surface area contributed by atoms with Crippen LogP contribution in [0.1, 0.15) is 16.1 Å². The van der Waals surface area contributed by atoms with Crippen LogP contribution in [-0.4, -0.2) is 86.2 Å². The zero-order valence-corrected chi connectivity index (χ0v) is 24.0. The summed E-state index contributed by atoms with van der Waals surface area (Å²) >= 11 is 1.37. The zero-order chi connectivity index (χ0) is 27.3. The second-order valence-corrected chi connectivity index (χ2v) is 16.8. The number of rotatable bonds is 13. The van der Waals surface area contributed by atoms with Gasteiger partial charge in [0.15, 0.2) is 11.5 Å². The Hall–Kier alpha value is -3.10. The van der Waals surface area contributed by atoms with Gasteiger partial charge in [-0.3, -0.25) is 9.20 Å². The number of imidazole rings is 1. The minimum absolute atomic E-state index is 0.163. The van der Waals surface area contributed by atoms with Gasteiger partial charge in [0.05, 0.1) is 47.6 Å². The zero-order valence-electron chi connectivity index (χ0n) is 22.2. The smallest absolute Gasteiger partial charge is 0.254 e. The maximum absolute atomic E-state index is 12.8. The highest BCUT2D eigenvalue weighted by atomic mass is 32.1. The summed E-state index contributed by atoms with van der Waals surface area (Å²) in [7, 11) is -1.13. The van der Waals surface area contributed by atoms with Crippen molar-refractivity contribution in [1.29, 1.82) is 0 Å². The highest BCUT2D eigenvalue weighted by molar-refractivity contribution is 7.14. The van der Waals surface area contributed by atoms with Crippen molar-refractivity contribution in [2.75, 3.05) is 38.2 Å². The molecule has 1 amide bonds. The van der Waals surface area contributed by atoms with Gasteiger partial charge in [-0.15, -0.1) is 11.3 Å². The van der Waals surface area contributed by atoms with Crippen LogP contribution in [-0.2, 0) is 11.5 Å². The Morgan fingerprint density at radius 1 is 1.18 bits per heavy atom. The molecule has 11 nitrogen and oxygen atoms in total. The number of thiophene rings is 1. The van der Waals surface area contributed by atoms with Gasteiger partial charge in [0.25, 0.3) is 5.91 Å². The summed E-state index contributed by atoms with van der Waals surface area (Å²) in [4.78, 5) is 23.5. The van der Waals surface area contributed by atoms with E-state index >= 15 is 0 Å². The third-order valence-electron chi connectivity index (χ3n) is 5.88. The van der Waals surface area contributed by atoms with Crippen LogP contribution in [0.3, 0.4) is 0 Å². The highest BCUT2D eigenvalue weighted by Crippen LogP contribution is 2.29. The van der Waals surface area contributed by atoms with E-state index in [0.29, 0.717) is 23.8 Å². The maximum atomic E-state index is 12.8. The van der Waals surface area contributed by atoms with Gasteiger partial charge in [-0.05, 0) is 19.0 Å². The topological polar surface area (TPSA) is 130 Å². The van der Waals surface area contributed by atoms with Gasteiger partial charge in [0.1, 0.15) is 6.73 Å². The number of ether oxygens (including phenoxy) is 1. The summed E-state index contributed by atoms with van der Waals surface area (Å²) in [5.41, 5.74) is 3.72. The fourth-order valence-electron chi connectivity index (χ4n) is 3.88. The fraction of sp³-hybridized carbons (Fsp3) is 0.440. The van der Waals surface area contributed by atoms with Crippen LogP contribution in [0, 0.1) is 6.92 Å². The van der Waals surface area contributed by atoms with Crippen molar-refractivity contribution in [2.45, 2.75) is 39.3 Å². The van der Waals surface area contributed by atoms with Crippen molar-refractivity contribution in [3.05, 3.63) is 47.5 Å². The largest absolute Gasteiger partial charge is 0.395 e. The van der Waals surface area contributed by atoms with E-state index < -0.39 is 8.07 Å². The van der Waals surface area contributed by atoms with Crippen LogP contribution >= 0.6 is 11.3 Å². The molecule has 0 unspecified atom stereocenters. The van der Waals surface area contributed by atoms with Crippen LogP contribution in [0.25, 0.3) is 16.9 Å². The SMILES string of the molecule is Cc1cn2c(-c3cnn(COCC[Si](C)(C)C)c3)cnc2c(Nc2cc(C(=O)N(CCO)CCO)cs2)n1. The summed E-state index contributed by atoms with van der Waals surface area (Å²) in [6.07, 6.45) is 7.47. The van der Waals surface area contributed by atoms with Crippen LogP contribution < -0.4 is 5.32 Å². The average molecular weight is 558 g/mol. The second-order valence-electron chi connectivity index (χ2n) is 10.2. The molecule has 0 aliphatic heterocycles. The molecule has 0 saturated carbocycles. The molecule has 204 valence electrons. The Bertz CT molecular complexity index is 1370. The first-order valence-corrected chi connectivity index (χ1v) is 17.1. The van der Waals surface area contributed by atoms with Gasteiger partial charge in [-0.1, -0.05) is 19.6 Å². The number of nitrogens with zero attached hydrogens (tertiary/aromatic N) is 6. The molecule has 4 rings (SSSR count). The standard InChI is InChI=1S/C25H35N7O4SSi/c1-18-14-32-21(20-12-27-31(15-20)17-36-9-10-38(2,3)4)13-26-24(32)23(28-18)29-22-11-19(16-37-22)25(35)30(5-7-33)6-8-34/h11-16,33-34H,5-10,17H2,1-4H3,(H,28,29). The number of aliphatic hydroxyl groups is 2. The molecule has 0 bridgehead atoms. The van der Waals surface area contributed by atoms with E-state index in [-0.39, 0.29) is 32.2 Å². The monoisotopic (exact) mass is 557 g/mol. The van der Waals surface area contributed by atoms with E-state index in [1.54, 1.807) is 28.5 Å². The first-order chi connectivity index (χ1) is 18.2. The minimum atomic E-state index is -1.13. The molecule has 0 aliphatic rings. The number of fused-ring (bicyclic) bond motifs is 1. The molecule has 0 radical (unpaired) electrons. The molecule has 0 spiro atoms. The molecule has 3 N–H and O–H groups in total. The molecule has 4 aromatic rings. The van der Waals surface area contributed by atoms with Crippen molar-refractivity contribution < 1.29 is 19.7 Å². The number of aryl methyl sites for hydroxylation is 1. The number of amides is 1. The van der Waals surface area contributed by atoms with Crippen molar-refractivity contribution in [3.63, 3.8) is 0 Å². The van der Waals surface area contributed by atoms with Crippen molar-refractivity contribution >= 4 is 41.8 Å². The molecular weight excluding hydrogens is 522 g/mol. The van der Waals surface area contributed by atoms with Crippen molar-refractivity contribution in [3.8, 4) is 11.3 Å². The van der Waals surface area contributed by atoms with Crippen molar-refractivity contribution in [1.82, 2.24) is 29.0 Å². The number of carbonyl (C=O) groups excluding carboxylic acids is 1. The van der Waals surface area contributed by atoms with Crippen LogP contribution in [0.5, 0.6) is 0 Å². The maximum Gasteiger partial charge on any atom is 0.254 e. The quantitative estimate of drug-likeness (QED) is 0.168. The summed E-state index contributed by atoms with van der Waals surface area (Å²) < 4.78 is 9.58. The van der Waals surface area contributed by atoms with Gasteiger partial charge in [0.2, 0.25) is 0 Å². The lowest BCUT2D eigenvalue weighted by molar-refractivity contribution is 0.0685. The molecule has 0 fully saturated rings. The van der Waals surface area contributed by atoms with Crippen LogP contribution in [0.4, 0.5) is 10.8 Å². The lowest BCUT2D eigenvalue weighted by Crippen LogP contribution is -2.35. The third kappa shape index (κ3) is 6.85. The summed E-state index contributed by atoms with van der Waals surface area (Å²) in [6, 6.07) is 2.85. The number of hydrogen-bond acceptors (Lipinski definition) is 9. The first kappa shape index (κ1) is 27.9. The van der Waals surface area contributed by atoms with E-state index in [2.05, 4.69) is 40.0 Å². The van der Waals surface area contributed by atoms with E-state index in [0.717, 1.165) is 34.6 Å². The normalized spacial score (nSPS) is 11.8. The lowest BCUT2D eigenvalue weighted by Gasteiger charge is -2.19. The molecule has 0 atom stereocenters. The molecule has 4 aromatic heterocycles. The number of aliphatic hydroxyl groups excluding tert-OH is 2. The molecule has 38 heavy (non-hydrogen) atoms. The predicted molar refractivity (Wildman–Crippen MR) is 151 cm³/mol. The van der Waals surface area contributed by atoms with Gasteiger partial charge in [-0.2, -0.15) is 5.10 Å². The predicted octanol–water partition coefficient (Wildman–Crippen LogP) is 3.45. The molecular formula is C25H35N7O4SSi. The minimum Gasteiger partial charge on any atom is -0.395 e. The summed E-state index contributed by atoms with van der Waals surface area (Å²) in [5, 5.41) is 28.7. The molecule has 0 aliphatic carbocycles. The highest BCUT2D eigenvalue weighted by Gasteiger charge is 2.18. The number of anilines is 2.